The van der Waals surface area contributed by atoms with Gasteiger partial charge in [0, 0.05) is 11.9 Å². The number of hydrogen-bond donors (Lipinski definition) is 1. The van der Waals surface area contributed by atoms with Crippen molar-refractivity contribution in [1.29, 1.82) is 0 Å². The summed E-state index contributed by atoms with van der Waals surface area (Å²) in [6.07, 6.45) is 1.69. The van der Waals surface area contributed by atoms with Crippen LogP contribution in [0.4, 0.5) is 0 Å². The molecule has 0 unspecified atom stereocenters. The lowest BCUT2D eigenvalue weighted by atomic mass is 10.4. The number of aromatic nitrogens is 1. The number of aryl methyl sites for hydroxylation is 1. The highest BCUT2D eigenvalue weighted by molar-refractivity contribution is 7.71. The summed E-state index contributed by atoms with van der Waals surface area (Å²) >= 11 is 10.5. The molecule has 0 spiro atoms. The maximum atomic E-state index is 5.65. The third kappa shape index (κ3) is 1.53. The molecule has 1 N–H and O–H groups in total. The van der Waals surface area contributed by atoms with Gasteiger partial charge >= 0.3 is 0 Å². The Labute approximate surface area is 63.7 Å². The molecule has 0 bridgehead atoms. The minimum Gasteiger partial charge on any atom is -0.364 e. The van der Waals surface area contributed by atoms with Crippen LogP contribution in [-0.2, 0) is 0 Å². The zero-order valence-corrected chi connectivity index (χ0v) is 6.51. The zero-order chi connectivity index (χ0) is 6.85. The minimum atomic E-state index is 0.607. The van der Waals surface area contributed by atoms with E-state index in [-0.39, 0.29) is 0 Å². The first-order chi connectivity index (χ1) is 4.20. The zero-order valence-electron chi connectivity index (χ0n) is 4.94. The molecule has 0 aliphatic rings. The second-order valence-electron chi connectivity index (χ2n) is 1.83. The van der Waals surface area contributed by atoms with Crippen LogP contribution in [-0.4, -0.2) is 4.98 Å². The van der Waals surface area contributed by atoms with Gasteiger partial charge in [-0.15, -0.1) is 0 Å². The van der Waals surface area contributed by atoms with Crippen molar-refractivity contribution in [3.63, 3.8) is 0 Å². The third-order valence-corrected chi connectivity index (χ3v) is 1.77. The van der Waals surface area contributed by atoms with E-state index in [0.29, 0.717) is 9.53 Å². The fourth-order valence-electron chi connectivity index (χ4n) is 0.556. The highest BCUT2D eigenvalue weighted by Gasteiger charge is 1.88. The summed E-state index contributed by atoms with van der Waals surface area (Å²) in [5.74, 6) is 0. The average Bonchev–Trinajstić information content (AvgIpc) is 1.80. The Morgan fingerprint density at radius 2 is 2.33 bits per heavy atom. The molecule has 1 heterocycles. The predicted molar refractivity (Wildman–Crippen MR) is 41.4 cm³/mol. The first kappa shape index (κ1) is 6.78. The molecule has 9 heavy (non-hydrogen) atoms. The second-order valence-corrected chi connectivity index (χ2v) is 2.68. The topological polar surface area (TPSA) is 15.8 Å². The molecule has 1 aromatic rings. The minimum absolute atomic E-state index is 0.607. The molecular weight excluding hydrogens is 154 g/mol. The third-order valence-electron chi connectivity index (χ3n) is 1.01. The molecule has 0 saturated heterocycles. The molecule has 1 aromatic heterocycles. The van der Waals surface area contributed by atoms with Gasteiger partial charge in [0.25, 0.3) is 0 Å². The van der Waals surface area contributed by atoms with Crippen LogP contribution < -0.4 is 0 Å². The number of H-pyrrole nitrogens is 1. The van der Waals surface area contributed by atoms with Gasteiger partial charge in [-0.05, 0) is 13.0 Å². The number of rotatable bonds is 0. The van der Waals surface area contributed by atoms with Crippen molar-refractivity contribution in [2.75, 3.05) is 0 Å². The Bertz CT molecular complexity index is 266. The summed E-state index contributed by atoms with van der Waals surface area (Å²) in [5.41, 5.74) is 1.03. The highest BCUT2D eigenvalue weighted by Crippen LogP contribution is 2.08. The van der Waals surface area contributed by atoms with Crippen molar-refractivity contribution < 1.29 is 0 Å². The highest BCUT2D eigenvalue weighted by atomic mass is 35.5. The average molecular weight is 160 g/mol. The quantitative estimate of drug-likeness (QED) is 0.576. The van der Waals surface area contributed by atoms with Crippen LogP contribution >= 0.6 is 23.8 Å². The van der Waals surface area contributed by atoms with E-state index < -0.39 is 0 Å². The molecular formula is C6H6ClNS. The van der Waals surface area contributed by atoms with Gasteiger partial charge in [0.2, 0.25) is 0 Å². The molecule has 3 heteroatoms. The summed E-state index contributed by atoms with van der Waals surface area (Å²) in [6, 6.07) is 1.83. The van der Waals surface area contributed by atoms with E-state index in [1.54, 1.807) is 6.20 Å². The van der Waals surface area contributed by atoms with Crippen molar-refractivity contribution in [3.05, 3.63) is 27.5 Å². The molecule has 0 fully saturated rings. The fourth-order valence-corrected chi connectivity index (χ4v) is 0.900. The van der Waals surface area contributed by atoms with Gasteiger partial charge in [0.15, 0.2) is 0 Å². The van der Waals surface area contributed by atoms with Gasteiger partial charge in [0.05, 0.1) is 9.53 Å². The van der Waals surface area contributed by atoms with E-state index in [1.807, 2.05) is 13.0 Å². The number of hydrogen-bond acceptors (Lipinski definition) is 1. The molecule has 0 amide bonds. The summed E-state index contributed by atoms with van der Waals surface area (Å²) in [7, 11) is 0. The van der Waals surface area contributed by atoms with Crippen molar-refractivity contribution >= 4 is 23.8 Å². The van der Waals surface area contributed by atoms with Crippen molar-refractivity contribution in [2.24, 2.45) is 0 Å². The molecule has 0 saturated carbocycles. The first-order valence-corrected chi connectivity index (χ1v) is 3.33. The van der Waals surface area contributed by atoms with Gasteiger partial charge in [-0.2, -0.15) is 0 Å². The number of aromatic amines is 1. The van der Waals surface area contributed by atoms with E-state index in [4.69, 9.17) is 23.8 Å². The molecule has 0 radical (unpaired) electrons. The number of nitrogens with one attached hydrogen (secondary N) is 1. The van der Waals surface area contributed by atoms with Gasteiger partial charge in [-0.1, -0.05) is 23.8 Å². The van der Waals surface area contributed by atoms with Gasteiger partial charge in [-0.25, -0.2) is 0 Å². The van der Waals surface area contributed by atoms with Gasteiger partial charge < -0.3 is 4.98 Å². The molecule has 48 valence electrons. The molecule has 0 aliphatic heterocycles. The van der Waals surface area contributed by atoms with E-state index in [1.165, 1.54) is 0 Å². The Balaban J connectivity index is 3.34. The summed E-state index contributed by atoms with van der Waals surface area (Å²) in [6.45, 7) is 1.94. The van der Waals surface area contributed by atoms with Gasteiger partial charge in [-0.3, -0.25) is 0 Å². The normalized spacial score (nSPS) is 9.56. The lowest BCUT2D eigenvalue weighted by molar-refractivity contribution is 1.20. The second kappa shape index (κ2) is 2.50. The number of pyridine rings is 1. The van der Waals surface area contributed by atoms with E-state index >= 15 is 0 Å². The van der Waals surface area contributed by atoms with Crippen LogP contribution in [0.1, 0.15) is 5.69 Å². The van der Waals surface area contributed by atoms with Gasteiger partial charge in [0.1, 0.15) is 0 Å². The lowest BCUT2D eigenvalue weighted by Gasteiger charge is -1.91. The molecule has 0 atom stereocenters. The largest absolute Gasteiger partial charge is 0.364 e. The van der Waals surface area contributed by atoms with Crippen molar-refractivity contribution in [3.8, 4) is 0 Å². The summed E-state index contributed by atoms with van der Waals surface area (Å²) in [4.78, 5) is 2.94. The van der Waals surface area contributed by atoms with E-state index in [0.717, 1.165) is 5.69 Å². The summed E-state index contributed by atoms with van der Waals surface area (Å²) < 4.78 is 0.702. The predicted octanol–water partition coefficient (Wildman–Crippen LogP) is 2.71. The van der Waals surface area contributed by atoms with Crippen LogP contribution in [0.15, 0.2) is 12.3 Å². The molecule has 1 nitrogen and oxygen atoms in total. The van der Waals surface area contributed by atoms with E-state index in [2.05, 4.69) is 4.98 Å². The van der Waals surface area contributed by atoms with Crippen LogP contribution in [0.2, 0.25) is 5.02 Å². The van der Waals surface area contributed by atoms with E-state index in [9.17, 15) is 0 Å². The first-order valence-electron chi connectivity index (χ1n) is 2.55. The molecule has 1 rings (SSSR count). The maximum absolute atomic E-state index is 5.65. The summed E-state index contributed by atoms with van der Waals surface area (Å²) in [5, 5.41) is 0.607. The monoisotopic (exact) mass is 159 g/mol. The van der Waals surface area contributed by atoms with Crippen LogP contribution in [0.5, 0.6) is 0 Å². The molecule has 0 aliphatic carbocycles. The Hall–Kier alpha value is -0.340. The SMILES string of the molecule is Cc1cc(=S)c(Cl)c[nH]1. The smallest absolute Gasteiger partial charge is 0.0747 e. The van der Waals surface area contributed by atoms with Crippen molar-refractivity contribution in [1.82, 2.24) is 4.98 Å². The maximum Gasteiger partial charge on any atom is 0.0747 e. The Kier molecular flexibility index (Phi) is 1.88. The van der Waals surface area contributed by atoms with Crippen LogP contribution in [0, 0.1) is 11.4 Å². The van der Waals surface area contributed by atoms with Crippen LogP contribution in [0.25, 0.3) is 0 Å². The fraction of sp³-hybridized carbons (Fsp3) is 0.167. The Morgan fingerprint density at radius 3 is 2.78 bits per heavy atom. The Morgan fingerprint density at radius 1 is 1.67 bits per heavy atom. The lowest BCUT2D eigenvalue weighted by Crippen LogP contribution is -1.77. The van der Waals surface area contributed by atoms with Crippen molar-refractivity contribution in [2.45, 2.75) is 6.92 Å². The number of halogens is 1. The molecule has 0 aromatic carbocycles. The van der Waals surface area contributed by atoms with Crippen LogP contribution in [0.3, 0.4) is 0 Å². The standard InChI is InChI=1S/C6H6ClNS/c1-4-2-6(9)5(7)3-8-4/h2-3H,1H3,(H,8,9).